The molecule has 1 N–H and O–H groups in total. The molecule has 4 aliphatic carbocycles. The molecule has 0 aliphatic heterocycles. The minimum absolute atomic E-state index is 0.218. The quantitative estimate of drug-likeness (QED) is 0.713. The molecule has 4 saturated carbocycles. The van der Waals surface area contributed by atoms with Crippen LogP contribution >= 0.6 is 0 Å². The number of nitrogens with zero attached hydrogens (tertiary/aromatic N) is 1. The fourth-order valence-corrected chi connectivity index (χ4v) is 4.10. The van der Waals surface area contributed by atoms with Crippen LogP contribution in [0.2, 0.25) is 0 Å². The highest BCUT2D eigenvalue weighted by Crippen LogP contribution is 2.52. The summed E-state index contributed by atoms with van der Waals surface area (Å²) in [7, 11) is 0. The van der Waals surface area contributed by atoms with Crippen molar-refractivity contribution in [3.63, 3.8) is 0 Å². The van der Waals surface area contributed by atoms with Gasteiger partial charge < -0.3 is 5.11 Å². The van der Waals surface area contributed by atoms with Crippen LogP contribution in [-0.2, 0) is 0 Å². The first-order valence-corrected chi connectivity index (χ1v) is 6.02. The second-order valence-corrected chi connectivity index (χ2v) is 5.33. The Kier molecular flexibility index (Phi) is 2.12. The molecule has 0 atom stereocenters. The minimum atomic E-state index is 0.218. The van der Waals surface area contributed by atoms with Crippen LogP contribution in [-0.4, -0.2) is 24.0 Å². The number of aliphatic imine (C=N–C) groups is 1. The van der Waals surface area contributed by atoms with Gasteiger partial charge in [0.25, 0.3) is 0 Å². The Morgan fingerprint density at radius 2 is 1.57 bits per heavy atom. The standard InChI is InChI=1S/C12H19NO/c14-2-1-13-12-10-4-8-3-9(6-10)7-11(12)5-8/h8-11,14H,1-7H2. The van der Waals surface area contributed by atoms with E-state index in [4.69, 9.17) is 5.11 Å². The van der Waals surface area contributed by atoms with Crippen LogP contribution < -0.4 is 0 Å². The zero-order valence-electron chi connectivity index (χ0n) is 8.65. The molecule has 14 heavy (non-hydrogen) atoms. The molecule has 0 unspecified atom stereocenters. The van der Waals surface area contributed by atoms with Crippen molar-refractivity contribution in [1.82, 2.24) is 0 Å². The summed E-state index contributed by atoms with van der Waals surface area (Å²) < 4.78 is 0. The molecule has 2 nitrogen and oxygen atoms in total. The zero-order valence-corrected chi connectivity index (χ0v) is 8.65. The Balaban J connectivity index is 1.81. The lowest BCUT2D eigenvalue weighted by atomic mass is 9.55. The molecule has 0 aromatic carbocycles. The summed E-state index contributed by atoms with van der Waals surface area (Å²) in [5.74, 6) is 3.65. The Morgan fingerprint density at radius 3 is 2.07 bits per heavy atom. The van der Waals surface area contributed by atoms with E-state index in [1.807, 2.05) is 0 Å². The maximum atomic E-state index is 8.81. The van der Waals surface area contributed by atoms with Gasteiger partial charge in [0.05, 0.1) is 13.2 Å². The summed E-state index contributed by atoms with van der Waals surface area (Å²) >= 11 is 0. The van der Waals surface area contributed by atoms with Crippen LogP contribution in [0.5, 0.6) is 0 Å². The molecule has 2 heteroatoms. The molecule has 0 saturated heterocycles. The molecular formula is C12H19NO. The van der Waals surface area contributed by atoms with Crippen molar-refractivity contribution in [2.75, 3.05) is 13.2 Å². The smallest absolute Gasteiger partial charge is 0.0626 e. The maximum absolute atomic E-state index is 8.81. The van der Waals surface area contributed by atoms with Gasteiger partial charge in [0.2, 0.25) is 0 Å². The van der Waals surface area contributed by atoms with Gasteiger partial charge in [-0.05, 0) is 55.8 Å². The van der Waals surface area contributed by atoms with E-state index in [2.05, 4.69) is 4.99 Å². The monoisotopic (exact) mass is 193 g/mol. The molecule has 0 radical (unpaired) electrons. The van der Waals surface area contributed by atoms with Crippen molar-refractivity contribution >= 4 is 5.71 Å². The molecule has 0 amide bonds. The SMILES string of the molecule is OCCN=C1C2CC3CC(C2)CC1C3. The van der Waals surface area contributed by atoms with Crippen LogP contribution in [0.1, 0.15) is 32.1 Å². The molecule has 0 spiro atoms. The van der Waals surface area contributed by atoms with Gasteiger partial charge in [-0.15, -0.1) is 0 Å². The average Bonchev–Trinajstić information content (AvgIpc) is 2.15. The van der Waals surface area contributed by atoms with Crippen LogP contribution in [0.15, 0.2) is 4.99 Å². The van der Waals surface area contributed by atoms with Gasteiger partial charge in [-0.1, -0.05) is 0 Å². The number of hydrogen-bond acceptors (Lipinski definition) is 2. The molecule has 4 bridgehead atoms. The average molecular weight is 193 g/mol. The van der Waals surface area contributed by atoms with Crippen molar-refractivity contribution < 1.29 is 5.11 Å². The fraction of sp³-hybridized carbons (Fsp3) is 0.917. The van der Waals surface area contributed by atoms with Crippen molar-refractivity contribution in [2.24, 2.45) is 28.7 Å². The van der Waals surface area contributed by atoms with Crippen molar-refractivity contribution in [3.05, 3.63) is 0 Å². The topological polar surface area (TPSA) is 32.6 Å². The van der Waals surface area contributed by atoms with E-state index in [1.54, 1.807) is 0 Å². The molecule has 0 aromatic rings. The van der Waals surface area contributed by atoms with Crippen LogP contribution in [0, 0.1) is 23.7 Å². The largest absolute Gasteiger partial charge is 0.394 e. The Morgan fingerprint density at radius 1 is 1.00 bits per heavy atom. The molecular weight excluding hydrogens is 174 g/mol. The maximum Gasteiger partial charge on any atom is 0.0626 e. The number of hydrogen-bond donors (Lipinski definition) is 1. The first-order chi connectivity index (χ1) is 6.86. The lowest BCUT2D eigenvalue weighted by Crippen LogP contribution is -2.45. The van der Waals surface area contributed by atoms with Gasteiger partial charge in [0, 0.05) is 5.71 Å². The molecule has 4 rings (SSSR count). The van der Waals surface area contributed by atoms with Crippen LogP contribution in [0.3, 0.4) is 0 Å². The van der Waals surface area contributed by atoms with E-state index in [9.17, 15) is 0 Å². The fourth-order valence-electron chi connectivity index (χ4n) is 4.10. The third-order valence-corrected chi connectivity index (χ3v) is 4.37. The van der Waals surface area contributed by atoms with Gasteiger partial charge in [0.1, 0.15) is 0 Å². The Labute approximate surface area is 85.4 Å². The van der Waals surface area contributed by atoms with Crippen LogP contribution in [0.25, 0.3) is 0 Å². The van der Waals surface area contributed by atoms with E-state index >= 15 is 0 Å². The number of aliphatic hydroxyl groups excluding tert-OH is 1. The van der Waals surface area contributed by atoms with E-state index < -0.39 is 0 Å². The van der Waals surface area contributed by atoms with E-state index in [0.717, 1.165) is 23.7 Å². The third-order valence-electron chi connectivity index (χ3n) is 4.37. The van der Waals surface area contributed by atoms with Crippen molar-refractivity contribution in [1.29, 1.82) is 0 Å². The van der Waals surface area contributed by atoms with Gasteiger partial charge in [-0.25, -0.2) is 0 Å². The zero-order chi connectivity index (χ0) is 9.54. The van der Waals surface area contributed by atoms with Crippen molar-refractivity contribution in [3.8, 4) is 0 Å². The summed E-state index contributed by atoms with van der Waals surface area (Å²) in [5, 5.41) is 8.81. The predicted octanol–water partition coefficient (Wildman–Crippen LogP) is 1.88. The minimum Gasteiger partial charge on any atom is -0.394 e. The molecule has 4 fully saturated rings. The highest BCUT2D eigenvalue weighted by atomic mass is 16.3. The lowest BCUT2D eigenvalue weighted by molar-refractivity contribution is 0.108. The van der Waals surface area contributed by atoms with Gasteiger partial charge in [-0.3, -0.25) is 4.99 Å². The highest BCUT2D eigenvalue weighted by molar-refractivity contribution is 5.90. The second-order valence-electron chi connectivity index (χ2n) is 5.33. The van der Waals surface area contributed by atoms with Gasteiger partial charge in [-0.2, -0.15) is 0 Å². The number of rotatable bonds is 2. The summed E-state index contributed by atoms with van der Waals surface area (Å²) in [6.07, 6.45) is 7.10. The molecule has 78 valence electrons. The first kappa shape index (κ1) is 8.90. The van der Waals surface area contributed by atoms with Crippen molar-refractivity contribution in [2.45, 2.75) is 32.1 Å². The molecule has 0 aromatic heterocycles. The first-order valence-electron chi connectivity index (χ1n) is 6.02. The Hall–Kier alpha value is -0.370. The molecule has 4 aliphatic rings. The summed E-state index contributed by atoms with van der Waals surface area (Å²) in [5.41, 5.74) is 1.48. The van der Waals surface area contributed by atoms with E-state index in [0.29, 0.717) is 6.54 Å². The van der Waals surface area contributed by atoms with Crippen LogP contribution in [0.4, 0.5) is 0 Å². The highest BCUT2D eigenvalue weighted by Gasteiger charge is 2.45. The van der Waals surface area contributed by atoms with Gasteiger partial charge >= 0.3 is 0 Å². The second kappa shape index (κ2) is 3.34. The van der Waals surface area contributed by atoms with E-state index in [1.165, 1.54) is 37.8 Å². The normalized spacial score (nSPS) is 44.5. The summed E-state index contributed by atoms with van der Waals surface area (Å²) in [4.78, 5) is 4.61. The Bertz CT molecular complexity index is 229. The summed E-state index contributed by atoms with van der Waals surface area (Å²) in [6, 6.07) is 0. The predicted molar refractivity (Wildman–Crippen MR) is 56.4 cm³/mol. The van der Waals surface area contributed by atoms with Gasteiger partial charge in [0.15, 0.2) is 0 Å². The number of aliphatic hydroxyl groups is 1. The molecule has 0 heterocycles. The lowest BCUT2D eigenvalue weighted by Gasteiger charge is -2.50. The summed E-state index contributed by atoms with van der Waals surface area (Å²) in [6.45, 7) is 0.855. The van der Waals surface area contributed by atoms with E-state index in [-0.39, 0.29) is 6.61 Å². The third kappa shape index (κ3) is 1.31.